The fourth-order valence-corrected chi connectivity index (χ4v) is 2.17. The number of nitrogens with zero attached hydrogens (tertiary/aromatic N) is 1. The standard InChI is InChI=1S/C12H21ClN2O2/c1-12(2,3)9-5-7-15(8-9)11(17)14-10(16)4-6-13/h9H,4-8H2,1-3H3,(H,14,16,17). The van der Waals surface area contributed by atoms with Crippen LogP contribution in [-0.4, -0.2) is 35.8 Å². The zero-order valence-corrected chi connectivity index (χ0v) is 11.5. The SMILES string of the molecule is CC(C)(C)C1CCN(C(=O)NC(=O)CCCl)C1. The summed E-state index contributed by atoms with van der Waals surface area (Å²) in [5.74, 6) is 0.435. The lowest BCUT2D eigenvalue weighted by molar-refractivity contribution is -0.119. The lowest BCUT2D eigenvalue weighted by atomic mass is 9.80. The molecule has 0 aromatic rings. The topological polar surface area (TPSA) is 49.4 Å². The van der Waals surface area contributed by atoms with E-state index < -0.39 is 0 Å². The van der Waals surface area contributed by atoms with Gasteiger partial charge in [-0.25, -0.2) is 4.79 Å². The van der Waals surface area contributed by atoms with E-state index in [0.29, 0.717) is 5.92 Å². The number of carbonyl (C=O) groups excluding carboxylic acids is 2. The summed E-state index contributed by atoms with van der Waals surface area (Å²) in [6.45, 7) is 7.98. The van der Waals surface area contributed by atoms with Gasteiger partial charge < -0.3 is 4.90 Å². The van der Waals surface area contributed by atoms with Crippen LogP contribution in [0.2, 0.25) is 0 Å². The number of hydrogen-bond donors (Lipinski definition) is 1. The molecule has 17 heavy (non-hydrogen) atoms. The number of imide groups is 1. The summed E-state index contributed by atoms with van der Waals surface area (Å²) >= 11 is 5.44. The van der Waals surface area contributed by atoms with E-state index in [2.05, 4.69) is 26.1 Å². The second-order valence-electron chi connectivity index (χ2n) is 5.59. The molecule has 98 valence electrons. The Balaban J connectivity index is 2.43. The fraction of sp³-hybridized carbons (Fsp3) is 0.833. The van der Waals surface area contributed by atoms with Crippen LogP contribution in [0.1, 0.15) is 33.6 Å². The monoisotopic (exact) mass is 260 g/mol. The molecule has 0 spiro atoms. The maximum atomic E-state index is 11.8. The minimum absolute atomic E-state index is 0.184. The van der Waals surface area contributed by atoms with Crippen molar-refractivity contribution in [3.05, 3.63) is 0 Å². The average molecular weight is 261 g/mol. The largest absolute Gasteiger partial charge is 0.324 e. The predicted octanol–water partition coefficient (Wildman–Crippen LogP) is 2.22. The molecule has 1 unspecified atom stereocenters. The molecule has 4 nitrogen and oxygen atoms in total. The van der Waals surface area contributed by atoms with E-state index in [4.69, 9.17) is 11.6 Å². The Morgan fingerprint density at radius 3 is 2.53 bits per heavy atom. The van der Waals surface area contributed by atoms with Crippen LogP contribution in [0.25, 0.3) is 0 Å². The zero-order valence-electron chi connectivity index (χ0n) is 10.8. The molecule has 0 aliphatic carbocycles. The van der Waals surface area contributed by atoms with Crippen molar-refractivity contribution in [2.24, 2.45) is 11.3 Å². The molecule has 1 rings (SSSR count). The molecule has 1 N–H and O–H groups in total. The highest BCUT2D eigenvalue weighted by Gasteiger charge is 2.34. The number of amides is 3. The van der Waals surface area contributed by atoms with E-state index in [1.54, 1.807) is 4.90 Å². The summed E-state index contributed by atoms with van der Waals surface area (Å²) < 4.78 is 0. The van der Waals surface area contributed by atoms with Crippen molar-refractivity contribution in [2.75, 3.05) is 19.0 Å². The minimum Gasteiger partial charge on any atom is -0.324 e. The molecule has 0 aromatic carbocycles. The Kier molecular flexibility index (Phi) is 4.80. The third-order valence-corrected chi connectivity index (χ3v) is 3.46. The third-order valence-electron chi connectivity index (χ3n) is 3.27. The van der Waals surface area contributed by atoms with Crippen LogP contribution in [0.5, 0.6) is 0 Å². The van der Waals surface area contributed by atoms with Gasteiger partial charge in [-0.3, -0.25) is 10.1 Å². The summed E-state index contributed by atoms with van der Waals surface area (Å²) in [7, 11) is 0. The molecular formula is C12H21ClN2O2. The van der Waals surface area contributed by atoms with Crippen molar-refractivity contribution in [3.8, 4) is 0 Å². The Labute approximate surface area is 108 Å². The highest BCUT2D eigenvalue weighted by Crippen LogP contribution is 2.33. The normalized spacial score (nSPS) is 20.5. The van der Waals surface area contributed by atoms with E-state index in [1.807, 2.05) is 0 Å². The van der Waals surface area contributed by atoms with Crippen LogP contribution in [0.15, 0.2) is 0 Å². The van der Waals surface area contributed by atoms with Gasteiger partial charge in [-0.1, -0.05) is 20.8 Å². The van der Waals surface area contributed by atoms with Crippen LogP contribution in [0.4, 0.5) is 4.79 Å². The Morgan fingerprint density at radius 1 is 1.41 bits per heavy atom. The van der Waals surface area contributed by atoms with E-state index in [1.165, 1.54) is 0 Å². The maximum Gasteiger partial charge on any atom is 0.324 e. The molecule has 5 heteroatoms. The molecule has 1 aliphatic rings. The van der Waals surface area contributed by atoms with Gasteiger partial charge in [-0.2, -0.15) is 0 Å². The molecule has 0 bridgehead atoms. The summed E-state index contributed by atoms with van der Waals surface area (Å²) in [6, 6.07) is -0.285. The summed E-state index contributed by atoms with van der Waals surface area (Å²) in [5.41, 5.74) is 0.204. The van der Waals surface area contributed by atoms with Crippen molar-refractivity contribution in [1.82, 2.24) is 10.2 Å². The molecule has 1 atom stereocenters. The second-order valence-corrected chi connectivity index (χ2v) is 5.97. The number of rotatable bonds is 2. The number of urea groups is 1. The number of nitrogens with one attached hydrogen (secondary N) is 1. The first-order chi connectivity index (χ1) is 7.84. The van der Waals surface area contributed by atoms with E-state index in [-0.39, 0.29) is 29.7 Å². The molecule has 1 aliphatic heterocycles. The van der Waals surface area contributed by atoms with Crippen LogP contribution in [0.3, 0.4) is 0 Å². The van der Waals surface area contributed by atoms with Crippen molar-refractivity contribution < 1.29 is 9.59 Å². The first kappa shape index (κ1) is 14.3. The Bertz CT molecular complexity index is 299. The van der Waals surface area contributed by atoms with Crippen molar-refractivity contribution in [2.45, 2.75) is 33.6 Å². The highest BCUT2D eigenvalue weighted by atomic mass is 35.5. The quantitative estimate of drug-likeness (QED) is 0.774. The summed E-state index contributed by atoms with van der Waals surface area (Å²) in [6.07, 6.45) is 1.18. The Hall–Kier alpha value is -0.770. The lowest BCUT2D eigenvalue weighted by Gasteiger charge is -2.26. The van der Waals surface area contributed by atoms with Gasteiger partial charge in [0.2, 0.25) is 5.91 Å². The number of carbonyl (C=O) groups is 2. The number of alkyl halides is 1. The van der Waals surface area contributed by atoms with Crippen LogP contribution < -0.4 is 5.32 Å². The summed E-state index contributed by atoms with van der Waals surface area (Å²) in [5, 5.41) is 2.36. The number of hydrogen-bond acceptors (Lipinski definition) is 2. The fourth-order valence-electron chi connectivity index (χ4n) is 2.00. The molecule has 0 saturated carbocycles. The van der Waals surface area contributed by atoms with Gasteiger partial charge in [-0.05, 0) is 17.8 Å². The maximum absolute atomic E-state index is 11.8. The average Bonchev–Trinajstić information content (AvgIpc) is 2.65. The van der Waals surface area contributed by atoms with Crippen molar-refractivity contribution in [1.29, 1.82) is 0 Å². The van der Waals surface area contributed by atoms with E-state index in [9.17, 15) is 9.59 Å². The highest BCUT2D eigenvalue weighted by molar-refractivity contribution is 6.19. The smallest absolute Gasteiger partial charge is 0.324 e. The molecule has 0 aromatic heterocycles. The molecule has 1 heterocycles. The summed E-state index contributed by atoms with van der Waals surface area (Å²) in [4.78, 5) is 24.7. The number of halogens is 1. The Morgan fingerprint density at radius 2 is 2.06 bits per heavy atom. The van der Waals surface area contributed by atoms with Gasteiger partial charge in [0.25, 0.3) is 0 Å². The van der Waals surface area contributed by atoms with Gasteiger partial charge in [0.15, 0.2) is 0 Å². The van der Waals surface area contributed by atoms with Crippen LogP contribution >= 0.6 is 11.6 Å². The zero-order chi connectivity index (χ0) is 13.1. The molecule has 0 radical (unpaired) electrons. The lowest BCUT2D eigenvalue weighted by Crippen LogP contribution is -2.42. The van der Waals surface area contributed by atoms with E-state index >= 15 is 0 Å². The van der Waals surface area contributed by atoms with Gasteiger partial charge in [0.05, 0.1) is 0 Å². The van der Waals surface area contributed by atoms with Gasteiger partial charge in [0.1, 0.15) is 0 Å². The van der Waals surface area contributed by atoms with Crippen LogP contribution in [0, 0.1) is 11.3 Å². The third kappa shape index (κ3) is 4.19. The first-order valence-electron chi connectivity index (χ1n) is 5.99. The molecule has 3 amide bonds. The molecule has 1 saturated heterocycles. The molecular weight excluding hydrogens is 240 g/mol. The second kappa shape index (κ2) is 5.71. The van der Waals surface area contributed by atoms with Crippen molar-refractivity contribution in [3.63, 3.8) is 0 Å². The van der Waals surface area contributed by atoms with Gasteiger partial charge in [0, 0.05) is 25.4 Å². The first-order valence-corrected chi connectivity index (χ1v) is 6.52. The van der Waals surface area contributed by atoms with E-state index in [0.717, 1.165) is 19.5 Å². The predicted molar refractivity (Wildman–Crippen MR) is 68.0 cm³/mol. The number of likely N-dealkylation sites (tertiary alicyclic amines) is 1. The van der Waals surface area contributed by atoms with Gasteiger partial charge >= 0.3 is 6.03 Å². The van der Waals surface area contributed by atoms with Crippen LogP contribution in [-0.2, 0) is 4.79 Å². The molecule has 1 fully saturated rings. The minimum atomic E-state index is -0.302. The van der Waals surface area contributed by atoms with Gasteiger partial charge in [-0.15, -0.1) is 11.6 Å². The van der Waals surface area contributed by atoms with Crippen molar-refractivity contribution >= 4 is 23.5 Å².